The Morgan fingerprint density at radius 2 is 2.18 bits per heavy atom. The molecule has 1 heterocycles. The zero-order valence-electron chi connectivity index (χ0n) is 10.6. The third kappa shape index (κ3) is 4.71. The Morgan fingerprint density at radius 1 is 1.53 bits per heavy atom. The molecule has 0 radical (unpaired) electrons. The Morgan fingerprint density at radius 3 is 2.59 bits per heavy atom. The third-order valence-electron chi connectivity index (χ3n) is 1.95. The molecule has 0 spiro atoms. The van der Waals surface area contributed by atoms with Crippen molar-refractivity contribution in [2.45, 2.75) is 39.4 Å². The van der Waals surface area contributed by atoms with Crippen molar-refractivity contribution in [3.63, 3.8) is 0 Å². The number of hydrogen-bond donors (Lipinski definition) is 1. The molecule has 94 valence electrons. The molecule has 0 fully saturated rings. The van der Waals surface area contributed by atoms with Crippen molar-refractivity contribution in [1.29, 1.82) is 0 Å². The van der Waals surface area contributed by atoms with Crippen LogP contribution in [0.25, 0.3) is 6.08 Å². The average Bonchev–Trinajstić information content (AvgIpc) is 2.62. The number of carbonyl (C=O) groups is 1. The zero-order valence-corrected chi connectivity index (χ0v) is 11.4. The first-order valence-corrected chi connectivity index (χ1v) is 6.39. The molecule has 0 aromatic carbocycles. The van der Waals surface area contributed by atoms with Crippen LogP contribution in [0.2, 0.25) is 0 Å². The van der Waals surface area contributed by atoms with Crippen molar-refractivity contribution in [3.8, 4) is 0 Å². The normalized spacial score (nSPS) is 14.5. The van der Waals surface area contributed by atoms with E-state index in [1.165, 1.54) is 11.3 Å². The van der Waals surface area contributed by atoms with Crippen LogP contribution in [0.3, 0.4) is 0 Å². The van der Waals surface area contributed by atoms with E-state index in [0.29, 0.717) is 0 Å². The highest BCUT2D eigenvalue weighted by Gasteiger charge is 2.22. The Balaban J connectivity index is 2.91. The minimum atomic E-state index is -0.843. The summed E-state index contributed by atoms with van der Waals surface area (Å²) in [7, 11) is 0. The van der Waals surface area contributed by atoms with Gasteiger partial charge in [-0.15, -0.1) is 0 Å². The highest BCUT2D eigenvalue weighted by atomic mass is 32.1. The smallest absolute Gasteiger partial charge is 0.337 e. The molecule has 0 aliphatic heterocycles. The molecular weight excluding hydrogens is 236 g/mol. The summed E-state index contributed by atoms with van der Waals surface area (Å²) in [6.07, 6.45) is 0.819. The molecule has 4 heteroatoms. The molecule has 0 saturated heterocycles. The standard InChI is InChI=1S/C13H18O3S/c1-9(14)11(7-10-5-6-17-8-10)12(15)16-13(2,3)4/h5-9,14H,1-4H3/b11-7-. The second kappa shape index (κ2) is 5.47. The van der Waals surface area contributed by atoms with Crippen LogP contribution < -0.4 is 0 Å². The van der Waals surface area contributed by atoms with Crippen LogP contribution >= 0.6 is 11.3 Å². The van der Waals surface area contributed by atoms with E-state index in [1.807, 2.05) is 16.8 Å². The predicted molar refractivity (Wildman–Crippen MR) is 69.8 cm³/mol. The van der Waals surface area contributed by atoms with Crippen LogP contribution in [0.1, 0.15) is 33.3 Å². The summed E-state index contributed by atoms with van der Waals surface area (Å²) < 4.78 is 5.25. The summed E-state index contributed by atoms with van der Waals surface area (Å²) in [5.41, 5.74) is 0.620. The van der Waals surface area contributed by atoms with Gasteiger partial charge < -0.3 is 9.84 Å². The second-order valence-electron chi connectivity index (χ2n) is 4.83. The fourth-order valence-corrected chi connectivity index (χ4v) is 1.84. The maximum atomic E-state index is 11.9. The molecule has 17 heavy (non-hydrogen) atoms. The second-order valence-corrected chi connectivity index (χ2v) is 5.61. The van der Waals surface area contributed by atoms with Gasteiger partial charge in [0.15, 0.2) is 0 Å². The molecule has 1 unspecified atom stereocenters. The van der Waals surface area contributed by atoms with Gasteiger partial charge in [-0.25, -0.2) is 4.79 Å². The minimum Gasteiger partial charge on any atom is -0.457 e. The van der Waals surface area contributed by atoms with Crippen LogP contribution in [0.5, 0.6) is 0 Å². The summed E-state index contributed by atoms with van der Waals surface area (Å²) >= 11 is 1.54. The SMILES string of the molecule is CC(O)/C(=C/c1ccsc1)C(=O)OC(C)(C)C. The highest BCUT2D eigenvalue weighted by molar-refractivity contribution is 7.08. The van der Waals surface area contributed by atoms with E-state index < -0.39 is 17.7 Å². The van der Waals surface area contributed by atoms with Gasteiger partial charge >= 0.3 is 5.97 Å². The molecule has 0 amide bonds. The number of aliphatic hydroxyl groups is 1. The minimum absolute atomic E-state index is 0.276. The van der Waals surface area contributed by atoms with Gasteiger partial charge in [0.2, 0.25) is 0 Å². The predicted octanol–water partition coefficient (Wildman–Crippen LogP) is 2.85. The lowest BCUT2D eigenvalue weighted by Crippen LogP contribution is -2.27. The first-order chi connectivity index (χ1) is 7.79. The van der Waals surface area contributed by atoms with Gasteiger partial charge in [-0.3, -0.25) is 0 Å². The van der Waals surface area contributed by atoms with Crippen LogP contribution in [0, 0.1) is 0 Å². The number of aliphatic hydroxyl groups excluding tert-OH is 1. The molecule has 0 aliphatic carbocycles. The first kappa shape index (κ1) is 13.9. The van der Waals surface area contributed by atoms with Gasteiger partial charge in [-0.05, 0) is 56.2 Å². The van der Waals surface area contributed by atoms with Gasteiger partial charge in [0.1, 0.15) is 5.60 Å². The number of esters is 1. The first-order valence-electron chi connectivity index (χ1n) is 5.45. The molecule has 1 aromatic rings. The molecule has 1 rings (SSSR count). The van der Waals surface area contributed by atoms with Gasteiger partial charge in [0.25, 0.3) is 0 Å². The van der Waals surface area contributed by atoms with E-state index >= 15 is 0 Å². The maximum absolute atomic E-state index is 11.9. The summed E-state index contributed by atoms with van der Waals surface area (Å²) in [4.78, 5) is 11.9. The maximum Gasteiger partial charge on any atom is 0.337 e. The topological polar surface area (TPSA) is 46.5 Å². The lowest BCUT2D eigenvalue weighted by Gasteiger charge is -2.21. The number of carbonyl (C=O) groups excluding carboxylic acids is 1. The monoisotopic (exact) mass is 254 g/mol. The molecule has 0 saturated carbocycles. The van der Waals surface area contributed by atoms with Gasteiger partial charge in [-0.2, -0.15) is 11.3 Å². The summed E-state index contributed by atoms with van der Waals surface area (Å²) in [5, 5.41) is 13.4. The van der Waals surface area contributed by atoms with Crippen molar-refractivity contribution in [2.24, 2.45) is 0 Å². The fourth-order valence-electron chi connectivity index (χ4n) is 1.22. The zero-order chi connectivity index (χ0) is 13.1. The van der Waals surface area contributed by atoms with Crippen LogP contribution in [0.4, 0.5) is 0 Å². The largest absolute Gasteiger partial charge is 0.457 e. The Bertz CT molecular complexity index is 397. The van der Waals surface area contributed by atoms with Crippen molar-refractivity contribution in [3.05, 3.63) is 28.0 Å². The van der Waals surface area contributed by atoms with Crippen LogP contribution in [-0.2, 0) is 9.53 Å². The number of hydrogen-bond acceptors (Lipinski definition) is 4. The van der Waals surface area contributed by atoms with Crippen LogP contribution in [0.15, 0.2) is 22.4 Å². The molecular formula is C13H18O3S. The molecule has 0 bridgehead atoms. The quantitative estimate of drug-likeness (QED) is 0.666. The van der Waals surface area contributed by atoms with Crippen LogP contribution in [-0.4, -0.2) is 22.8 Å². The van der Waals surface area contributed by atoms with Crippen molar-refractivity contribution >= 4 is 23.4 Å². The van der Waals surface area contributed by atoms with Crippen molar-refractivity contribution < 1.29 is 14.6 Å². The van der Waals surface area contributed by atoms with Gasteiger partial charge in [-0.1, -0.05) is 0 Å². The molecule has 3 nitrogen and oxygen atoms in total. The van der Waals surface area contributed by atoms with E-state index in [4.69, 9.17) is 4.74 Å². The van der Waals surface area contributed by atoms with E-state index in [1.54, 1.807) is 33.8 Å². The molecule has 0 aliphatic rings. The average molecular weight is 254 g/mol. The van der Waals surface area contributed by atoms with E-state index in [0.717, 1.165) is 5.56 Å². The summed E-state index contributed by atoms with van der Waals surface area (Å²) in [6.45, 7) is 6.96. The van der Waals surface area contributed by atoms with Gasteiger partial charge in [0.05, 0.1) is 11.7 Å². The third-order valence-corrected chi connectivity index (χ3v) is 2.65. The highest BCUT2D eigenvalue weighted by Crippen LogP contribution is 2.17. The molecule has 1 atom stereocenters. The van der Waals surface area contributed by atoms with Crippen molar-refractivity contribution in [2.75, 3.05) is 0 Å². The Kier molecular flexibility index (Phi) is 4.48. The summed E-state index contributed by atoms with van der Waals surface area (Å²) in [5.74, 6) is -0.473. The van der Waals surface area contributed by atoms with E-state index in [2.05, 4.69) is 0 Å². The van der Waals surface area contributed by atoms with Crippen molar-refractivity contribution in [1.82, 2.24) is 0 Å². The number of ether oxygens (including phenoxy) is 1. The molecule has 1 N–H and O–H groups in total. The fraction of sp³-hybridized carbons (Fsp3) is 0.462. The molecule has 1 aromatic heterocycles. The Labute approximate surface area is 106 Å². The van der Waals surface area contributed by atoms with E-state index in [-0.39, 0.29) is 5.57 Å². The Hall–Kier alpha value is -1.13. The van der Waals surface area contributed by atoms with Gasteiger partial charge in [0, 0.05) is 0 Å². The lowest BCUT2D eigenvalue weighted by atomic mass is 10.1. The number of thiophene rings is 1. The summed E-state index contributed by atoms with van der Waals surface area (Å²) in [6, 6.07) is 1.89. The number of rotatable bonds is 3. The lowest BCUT2D eigenvalue weighted by molar-refractivity contribution is -0.150. The van der Waals surface area contributed by atoms with E-state index in [9.17, 15) is 9.90 Å².